The van der Waals surface area contributed by atoms with Gasteiger partial charge in [0.25, 0.3) is 5.91 Å². The number of aryl methyl sites for hydroxylation is 3. The number of aliphatic hydroxyl groups excluding tert-OH is 1. The number of nitrogens with zero attached hydrogens (tertiary/aromatic N) is 11. The minimum Gasteiger partial charge on any atom is -0.464 e. The van der Waals surface area contributed by atoms with E-state index in [-0.39, 0.29) is 47.5 Å². The van der Waals surface area contributed by atoms with Crippen LogP contribution in [0, 0.1) is 40.4 Å². The number of benzene rings is 3. The van der Waals surface area contributed by atoms with E-state index in [4.69, 9.17) is 15.6 Å². The minimum absolute atomic E-state index is 0.0321. The Labute approximate surface area is 541 Å². The van der Waals surface area contributed by atoms with Crippen LogP contribution in [-0.4, -0.2) is 175 Å². The van der Waals surface area contributed by atoms with Crippen LogP contribution in [0.3, 0.4) is 0 Å². The number of anilines is 3. The summed E-state index contributed by atoms with van der Waals surface area (Å²) < 4.78 is 23.1. The molecule has 3 fully saturated rings. The fourth-order valence-electron chi connectivity index (χ4n) is 12.1. The number of halogens is 1. The summed E-state index contributed by atoms with van der Waals surface area (Å²) in [6, 6.07) is 22.5. The molecule has 0 unspecified atom stereocenters. The molecule has 6 aliphatic rings. The summed E-state index contributed by atoms with van der Waals surface area (Å²) in [6.07, 6.45) is 0.933. The Morgan fingerprint density at radius 1 is 0.484 bits per heavy atom. The fourth-order valence-corrected chi connectivity index (χ4v) is 12.1. The number of carbonyl (C=O) groups excluding carboxylic acids is 6. The molecule has 0 bridgehead atoms. The number of esters is 2. The highest BCUT2D eigenvalue weighted by Gasteiger charge is 2.27. The first kappa shape index (κ1) is 68.1. The highest BCUT2D eigenvalue weighted by molar-refractivity contribution is 6.42. The number of hydrogen-bond donors (Lipinski definition) is 3. The average Bonchev–Trinajstić information content (AvgIpc) is 1.00. The molecule has 93 heavy (non-hydrogen) atoms. The maximum atomic E-state index is 13.7. The second kappa shape index (κ2) is 30.4. The zero-order valence-corrected chi connectivity index (χ0v) is 54.7. The first-order chi connectivity index (χ1) is 44.5. The van der Waals surface area contributed by atoms with Gasteiger partial charge in [0, 0.05) is 122 Å². The Balaban J connectivity index is 0.000000153. The van der Waals surface area contributed by atoms with Crippen LogP contribution >= 0.6 is 0 Å². The molecule has 0 spiro atoms. The molecule has 3 aromatic carbocycles. The van der Waals surface area contributed by atoms with Gasteiger partial charge in [-0.05, 0) is 143 Å². The third-order valence-electron chi connectivity index (χ3n) is 17.8. The van der Waals surface area contributed by atoms with Crippen molar-refractivity contribution in [2.45, 2.75) is 94.3 Å². The number of nitrogens with one attached hydrogen (secondary N) is 1. The van der Waals surface area contributed by atoms with Gasteiger partial charge in [0.05, 0.1) is 89.2 Å². The highest BCUT2D eigenvalue weighted by atomic mass is 19.1. The van der Waals surface area contributed by atoms with E-state index in [9.17, 15) is 33.2 Å². The number of primary amides is 1. The molecule has 6 aliphatic heterocycles. The second-order valence-corrected chi connectivity index (χ2v) is 23.8. The van der Waals surface area contributed by atoms with E-state index in [0.29, 0.717) is 52.7 Å². The molecule has 488 valence electrons. The Morgan fingerprint density at radius 2 is 0.828 bits per heavy atom. The van der Waals surface area contributed by atoms with E-state index in [2.05, 4.69) is 90.5 Å². The van der Waals surface area contributed by atoms with Crippen molar-refractivity contribution in [3.8, 4) is 0 Å². The lowest BCUT2D eigenvalue weighted by Crippen LogP contribution is -2.46. The summed E-state index contributed by atoms with van der Waals surface area (Å²) in [5.41, 5.74) is 23.5. The molecular weight excluding hydrogens is 1190 g/mol. The van der Waals surface area contributed by atoms with Crippen LogP contribution in [0.5, 0.6) is 0 Å². The van der Waals surface area contributed by atoms with Gasteiger partial charge in [0.1, 0.15) is 22.9 Å². The van der Waals surface area contributed by atoms with Gasteiger partial charge in [-0.25, -0.2) is 43.9 Å². The number of ether oxygens (including phenoxy) is 2. The van der Waals surface area contributed by atoms with Crippen molar-refractivity contribution in [1.82, 2.24) is 30.1 Å². The van der Waals surface area contributed by atoms with Crippen LogP contribution in [0.1, 0.15) is 114 Å². The smallest absolute Gasteiger partial charge is 0.356 e. The quantitative estimate of drug-likeness (QED) is 0.106. The Bertz CT molecular complexity index is 3970. The first-order valence-electron chi connectivity index (χ1n) is 31.2. The van der Waals surface area contributed by atoms with Gasteiger partial charge >= 0.3 is 11.9 Å². The molecule has 9 heterocycles. The van der Waals surface area contributed by atoms with Crippen molar-refractivity contribution in [3.63, 3.8) is 0 Å². The van der Waals surface area contributed by atoms with Gasteiger partial charge in [0.2, 0.25) is 0 Å². The first-order valence-corrected chi connectivity index (χ1v) is 31.2. The number of aromatic nitrogens is 3. The van der Waals surface area contributed by atoms with Crippen LogP contribution in [-0.2, 0) is 62.8 Å². The summed E-state index contributed by atoms with van der Waals surface area (Å²) in [4.78, 5) is 108. The topological polar surface area (TPSA) is 271 Å². The number of Topliss-reactive ketones (excluding diaryl/α,β-unsaturated/α-hetero) is 3. The number of carbonyl (C=O) groups is 6. The van der Waals surface area contributed by atoms with Crippen molar-refractivity contribution in [2.75, 3.05) is 107 Å². The van der Waals surface area contributed by atoms with Gasteiger partial charge in [-0.3, -0.25) is 29.0 Å². The van der Waals surface area contributed by atoms with E-state index >= 15 is 0 Å². The molecule has 0 radical (unpaired) electrons. The standard InChI is InChI=1S/C24H28N4O3.C23H27N5O2.C12H17N3O2.C11H10FNO2/c1-15-18(5-6-20-19(15)13-23(29)17(3)26-20)14-27-9-11-28(12-10-27)22-8-7-21(24(30)31-4)25-16(22)2;1-14-17(4-5-19-18(14)12-22(29)16(3)26-19)13-27-8-10-28(11-9-27)21-7-6-20(23(24)30)25-15(21)2;1-9-11(15-7-5-13-6-8-15)4-3-10(14-9)12(16)17-2;1-6-10(15)4-8-9(13-6)3-2-7(5-14)11(8)12/h5-8H,9-14H2,1-4H3;4-7H,8-13H2,1-3H3,(H2,24,30);3-4,13H,5-8H2,1-2H3;2-3,14H,4-5H2,1H3. The third-order valence-corrected chi connectivity index (χ3v) is 17.8. The van der Waals surface area contributed by atoms with Crippen molar-refractivity contribution >= 4 is 86.5 Å². The number of piperazine rings is 3. The third kappa shape index (κ3) is 16.1. The molecule has 22 nitrogen and oxygen atoms in total. The number of hydrogen-bond acceptors (Lipinski definition) is 21. The van der Waals surface area contributed by atoms with Crippen molar-refractivity contribution in [2.24, 2.45) is 20.7 Å². The summed E-state index contributed by atoms with van der Waals surface area (Å²) in [5, 5.41) is 12.2. The summed E-state index contributed by atoms with van der Waals surface area (Å²) >= 11 is 0. The van der Waals surface area contributed by atoms with E-state index in [0.717, 1.165) is 148 Å². The number of nitrogens with two attached hydrogens (primary N) is 1. The maximum Gasteiger partial charge on any atom is 0.356 e. The molecule has 4 N–H and O–H groups in total. The number of pyridine rings is 3. The van der Waals surface area contributed by atoms with Crippen LogP contribution in [0.2, 0.25) is 0 Å². The summed E-state index contributed by atoms with van der Waals surface area (Å²) in [5.74, 6) is -1.76. The Kier molecular flexibility index (Phi) is 22.3. The number of rotatable bonds is 11. The van der Waals surface area contributed by atoms with Crippen molar-refractivity contribution < 1.29 is 47.7 Å². The SMILES string of the molecule is CC1=Nc2ccc(CN3CCN(c4ccc(C(N)=O)nc4C)CC3)c(C)c2CC1=O.CC1=Nc2ccc(CO)c(F)c2CC1=O.COC(=O)c1ccc(N2CCN(Cc3ccc4c(c3C)CC(=O)C(C)=N4)CC2)c(C)n1.COC(=O)c1ccc(N2CCNCC2)c(C)n1. The molecule has 6 aromatic rings. The lowest BCUT2D eigenvalue weighted by atomic mass is 9.93. The molecule has 12 rings (SSSR count). The Morgan fingerprint density at radius 3 is 1.19 bits per heavy atom. The lowest BCUT2D eigenvalue weighted by molar-refractivity contribution is -0.113. The van der Waals surface area contributed by atoms with Crippen molar-refractivity contribution in [3.05, 3.63) is 157 Å². The van der Waals surface area contributed by atoms with Crippen LogP contribution < -0.4 is 25.8 Å². The fraction of sp³-hybridized carbons (Fsp3) is 0.400. The molecule has 1 amide bonds. The zero-order valence-electron chi connectivity index (χ0n) is 54.7. The number of ketones is 3. The summed E-state index contributed by atoms with van der Waals surface area (Å²) in [6.45, 7) is 27.7. The van der Waals surface area contributed by atoms with E-state index < -0.39 is 17.7 Å². The number of aliphatic hydroxyl groups is 1. The molecular formula is C70H82FN13O9. The van der Waals surface area contributed by atoms with Gasteiger partial charge in [-0.1, -0.05) is 18.2 Å². The molecule has 0 atom stereocenters. The molecule has 0 aliphatic carbocycles. The summed E-state index contributed by atoms with van der Waals surface area (Å²) in [7, 11) is 2.73. The molecule has 3 saturated heterocycles. The second-order valence-electron chi connectivity index (χ2n) is 23.8. The normalized spacial score (nSPS) is 16.3. The Hall–Kier alpha value is -9.29. The van der Waals surface area contributed by atoms with E-state index in [1.165, 1.54) is 42.5 Å². The van der Waals surface area contributed by atoms with E-state index in [1.54, 1.807) is 45.0 Å². The van der Waals surface area contributed by atoms with Crippen LogP contribution in [0.25, 0.3) is 0 Å². The number of amides is 1. The van der Waals surface area contributed by atoms with Gasteiger partial charge in [0.15, 0.2) is 17.3 Å². The molecule has 0 saturated carbocycles. The van der Waals surface area contributed by atoms with Crippen LogP contribution in [0.4, 0.5) is 38.5 Å². The maximum absolute atomic E-state index is 13.7. The highest BCUT2D eigenvalue weighted by Crippen LogP contribution is 2.34. The predicted octanol–water partition coefficient (Wildman–Crippen LogP) is 7.48. The molecule has 3 aromatic heterocycles. The van der Waals surface area contributed by atoms with Gasteiger partial charge in [-0.15, -0.1) is 0 Å². The lowest BCUT2D eigenvalue weighted by Gasteiger charge is -2.37. The van der Waals surface area contributed by atoms with Gasteiger partial charge in [-0.2, -0.15) is 0 Å². The van der Waals surface area contributed by atoms with Crippen LogP contribution in [0.15, 0.2) is 87.8 Å². The number of aliphatic imine (C=N–C) groups is 3. The number of methoxy groups -OCH3 is 2. The van der Waals surface area contributed by atoms with E-state index in [1.807, 2.05) is 51.1 Å². The molecule has 23 heteroatoms. The number of fused-ring (bicyclic) bond motifs is 3. The minimum atomic E-state index is -0.514. The largest absolute Gasteiger partial charge is 0.464 e. The average molecular weight is 1270 g/mol. The predicted molar refractivity (Wildman–Crippen MR) is 357 cm³/mol. The van der Waals surface area contributed by atoms with Gasteiger partial charge < -0.3 is 40.3 Å². The zero-order chi connectivity index (χ0) is 66.8. The van der Waals surface area contributed by atoms with Crippen molar-refractivity contribution in [1.29, 1.82) is 0 Å². The monoisotopic (exact) mass is 1270 g/mol.